The second-order valence-corrected chi connectivity index (χ2v) is 6.28. The number of aromatic nitrogens is 2. The van der Waals surface area contributed by atoms with E-state index in [-0.39, 0.29) is 5.91 Å². The third-order valence-corrected chi connectivity index (χ3v) is 4.03. The Labute approximate surface area is 160 Å². The number of hydrogen-bond acceptors (Lipinski definition) is 5. The van der Waals surface area contributed by atoms with Crippen LogP contribution < -0.4 is 10.1 Å². The minimum absolute atomic E-state index is 0.261. The molecule has 3 rings (SSSR count). The first kappa shape index (κ1) is 18.2. The summed E-state index contributed by atoms with van der Waals surface area (Å²) in [5.41, 5.74) is 1.22. The van der Waals surface area contributed by atoms with Gasteiger partial charge in [0.25, 0.3) is 5.91 Å². The van der Waals surface area contributed by atoms with Gasteiger partial charge in [-0.15, -0.1) is 0 Å². The van der Waals surface area contributed by atoms with Crippen LogP contribution in [0.3, 0.4) is 0 Å². The first-order valence-electron chi connectivity index (χ1n) is 7.76. The Hall–Kier alpha value is -2.57. The summed E-state index contributed by atoms with van der Waals surface area (Å²) in [6.45, 7) is 0.343. The molecule has 0 radical (unpaired) electrons. The number of nitrogens with one attached hydrogen (secondary N) is 1. The van der Waals surface area contributed by atoms with Gasteiger partial charge in [0.15, 0.2) is 0 Å². The van der Waals surface area contributed by atoms with E-state index in [0.29, 0.717) is 46.0 Å². The van der Waals surface area contributed by atoms with Gasteiger partial charge < -0.3 is 14.6 Å². The van der Waals surface area contributed by atoms with Gasteiger partial charge in [-0.3, -0.25) is 4.79 Å². The van der Waals surface area contributed by atoms with Gasteiger partial charge in [-0.25, -0.2) is 0 Å². The molecule has 0 fully saturated rings. The molecule has 26 heavy (non-hydrogen) atoms. The Balaban J connectivity index is 1.57. The van der Waals surface area contributed by atoms with Gasteiger partial charge in [-0.05, 0) is 42.5 Å². The fourth-order valence-corrected chi connectivity index (χ4v) is 2.62. The Morgan fingerprint density at radius 1 is 1.15 bits per heavy atom. The Morgan fingerprint density at radius 3 is 2.65 bits per heavy atom. The van der Waals surface area contributed by atoms with Crippen molar-refractivity contribution < 1.29 is 14.1 Å². The number of nitrogens with zero attached hydrogens (tertiary/aromatic N) is 2. The number of amides is 1. The van der Waals surface area contributed by atoms with E-state index in [1.54, 1.807) is 30.3 Å². The lowest BCUT2D eigenvalue weighted by molar-refractivity contribution is 0.0953. The molecule has 1 N–H and O–H groups in total. The normalized spacial score (nSPS) is 10.6. The summed E-state index contributed by atoms with van der Waals surface area (Å²) in [4.78, 5) is 16.5. The molecule has 0 aliphatic heterocycles. The van der Waals surface area contributed by atoms with Gasteiger partial charge in [0, 0.05) is 34.1 Å². The summed E-state index contributed by atoms with van der Waals surface area (Å²) in [5, 5.41) is 7.78. The molecule has 0 saturated heterocycles. The van der Waals surface area contributed by atoms with E-state index >= 15 is 0 Å². The highest BCUT2D eigenvalue weighted by molar-refractivity contribution is 6.31. The molecule has 0 aliphatic rings. The number of carbonyl (C=O) groups is 1. The number of benzene rings is 2. The lowest BCUT2D eigenvalue weighted by Crippen LogP contribution is -2.25. The van der Waals surface area contributed by atoms with Crippen LogP contribution in [0.15, 0.2) is 47.0 Å². The Bertz CT molecular complexity index is 910. The van der Waals surface area contributed by atoms with Crippen molar-refractivity contribution in [3.05, 3.63) is 64.0 Å². The van der Waals surface area contributed by atoms with Crippen LogP contribution in [0.1, 0.15) is 16.2 Å². The summed E-state index contributed by atoms with van der Waals surface area (Å²) < 4.78 is 10.3. The summed E-state index contributed by atoms with van der Waals surface area (Å²) in [6.07, 6.45) is 0.407. The van der Waals surface area contributed by atoms with E-state index in [1.807, 2.05) is 12.1 Å². The standard InChI is InChI=1S/C18H15Cl2N3O3/c1-25-15-9-12(8-14(20)10-15)18(24)21-7-6-16-22-17(23-26-16)11-2-4-13(19)5-3-11/h2-5,8-10H,6-7H2,1H3,(H,21,24). The second-order valence-electron chi connectivity index (χ2n) is 5.40. The van der Waals surface area contributed by atoms with Crippen molar-refractivity contribution in [2.45, 2.75) is 6.42 Å². The molecule has 134 valence electrons. The highest BCUT2D eigenvalue weighted by Crippen LogP contribution is 2.21. The molecule has 6 nitrogen and oxygen atoms in total. The minimum atomic E-state index is -0.261. The molecule has 1 amide bonds. The van der Waals surface area contributed by atoms with Crippen LogP contribution in [-0.2, 0) is 6.42 Å². The molecule has 0 spiro atoms. The van der Waals surface area contributed by atoms with Crippen LogP contribution in [0.2, 0.25) is 10.0 Å². The smallest absolute Gasteiger partial charge is 0.251 e. The van der Waals surface area contributed by atoms with Crippen LogP contribution >= 0.6 is 23.2 Å². The summed E-state index contributed by atoms with van der Waals surface area (Å²) in [6, 6.07) is 12.0. The summed E-state index contributed by atoms with van der Waals surface area (Å²) in [5.74, 6) is 1.16. The zero-order chi connectivity index (χ0) is 18.5. The molecule has 1 aromatic heterocycles. The number of halogens is 2. The van der Waals surface area contributed by atoms with Crippen molar-refractivity contribution in [1.82, 2.24) is 15.5 Å². The number of hydrogen-bond donors (Lipinski definition) is 1. The first-order chi connectivity index (χ1) is 12.5. The first-order valence-corrected chi connectivity index (χ1v) is 8.52. The lowest BCUT2D eigenvalue weighted by Gasteiger charge is -2.06. The van der Waals surface area contributed by atoms with Crippen LogP contribution in [0.5, 0.6) is 5.75 Å². The molecule has 0 bridgehead atoms. The quantitative estimate of drug-likeness (QED) is 0.686. The molecule has 0 saturated carbocycles. The van der Waals surface area contributed by atoms with Crippen molar-refractivity contribution in [1.29, 1.82) is 0 Å². The largest absolute Gasteiger partial charge is 0.497 e. The molecule has 0 unspecified atom stereocenters. The topological polar surface area (TPSA) is 77.2 Å². The number of methoxy groups -OCH3 is 1. The predicted molar refractivity (Wildman–Crippen MR) is 98.8 cm³/mol. The van der Waals surface area contributed by atoms with E-state index < -0.39 is 0 Å². The molecular weight excluding hydrogens is 377 g/mol. The average molecular weight is 392 g/mol. The molecule has 0 aliphatic carbocycles. The Kier molecular flexibility index (Phi) is 5.75. The van der Waals surface area contributed by atoms with Crippen molar-refractivity contribution in [2.75, 3.05) is 13.7 Å². The van der Waals surface area contributed by atoms with Gasteiger partial charge >= 0.3 is 0 Å². The van der Waals surface area contributed by atoms with E-state index in [2.05, 4.69) is 15.5 Å². The fourth-order valence-electron chi connectivity index (χ4n) is 2.27. The van der Waals surface area contributed by atoms with E-state index in [1.165, 1.54) is 7.11 Å². The van der Waals surface area contributed by atoms with Gasteiger partial charge in [0.2, 0.25) is 11.7 Å². The number of ether oxygens (including phenoxy) is 1. The van der Waals surface area contributed by atoms with E-state index in [0.717, 1.165) is 5.56 Å². The van der Waals surface area contributed by atoms with E-state index in [9.17, 15) is 4.79 Å². The SMILES string of the molecule is COc1cc(Cl)cc(C(=O)NCCc2nc(-c3ccc(Cl)cc3)no2)c1. The predicted octanol–water partition coefficient (Wildman–Crippen LogP) is 4.02. The van der Waals surface area contributed by atoms with Gasteiger partial charge in [0.05, 0.1) is 7.11 Å². The fraction of sp³-hybridized carbons (Fsp3) is 0.167. The molecule has 8 heteroatoms. The van der Waals surface area contributed by atoms with Crippen molar-refractivity contribution in [3.8, 4) is 17.1 Å². The number of rotatable bonds is 6. The summed E-state index contributed by atoms with van der Waals surface area (Å²) in [7, 11) is 1.52. The molecular formula is C18H15Cl2N3O3. The van der Waals surface area contributed by atoms with Gasteiger partial charge in [0.1, 0.15) is 5.75 Å². The molecule has 2 aromatic carbocycles. The Morgan fingerprint density at radius 2 is 1.92 bits per heavy atom. The van der Waals surface area contributed by atoms with Crippen molar-refractivity contribution in [3.63, 3.8) is 0 Å². The summed E-state index contributed by atoms with van der Waals surface area (Å²) >= 11 is 11.8. The number of carbonyl (C=O) groups excluding carboxylic acids is 1. The average Bonchev–Trinajstić information content (AvgIpc) is 3.10. The van der Waals surface area contributed by atoms with Gasteiger partial charge in [-0.2, -0.15) is 4.98 Å². The maximum absolute atomic E-state index is 12.2. The van der Waals surface area contributed by atoms with Crippen LogP contribution in [0.25, 0.3) is 11.4 Å². The zero-order valence-corrected chi connectivity index (χ0v) is 15.3. The van der Waals surface area contributed by atoms with Crippen molar-refractivity contribution in [2.24, 2.45) is 0 Å². The van der Waals surface area contributed by atoms with Crippen LogP contribution in [0, 0.1) is 0 Å². The van der Waals surface area contributed by atoms with Crippen molar-refractivity contribution >= 4 is 29.1 Å². The maximum Gasteiger partial charge on any atom is 0.251 e. The molecule has 1 heterocycles. The van der Waals surface area contributed by atoms with Crippen LogP contribution in [0.4, 0.5) is 0 Å². The van der Waals surface area contributed by atoms with Gasteiger partial charge in [-0.1, -0.05) is 28.4 Å². The minimum Gasteiger partial charge on any atom is -0.497 e. The van der Waals surface area contributed by atoms with Crippen LogP contribution in [-0.4, -0.2) is 29.7 Å². The molecule has 3 aromatic rings. The highest BCUT2D eigenvalue weighted by atomic mass is 35.5. The maximum atomic E-state index is 12.2. The second kappa shape index (κ2) is 8.21. The highest BCUT2D eigenvalue weighted by Gasteiger charge is 2.11. The monoisotopic (exact) mass is 391 g/mol. The van der Waals surface area contributed by atoms with E-state index in [4.69, 9.17) is 32.5 Å². The lowest BCUT2D eigenvalue weighted by atomic mass is 10.2. The molecule has 0 atom stereocenters. The zero-order valence-electron chi connectivity index (χ0n) is 13.8. The third kappa shape index (κ3) is 4.53. The third-order valence-electron chi connectivity index (χ3n) is 3.56.